The minimum atomic E-state index is -4.66. The molecule has 13 heteroatoms. The van der Waals surface area contributed by atoms with E-state index in [9.17, 15) is 22.8 Å². The average molecular weight is 543 g/mol. The number of nitrogens with one attached hydrogen (secondary N) is 2. The molecule has 10 nitrogen and oxygen atoms in total. The summed E-state index contributed by atoms with van der Waals surface area (Å²) in [6.07, 6.45) is -2.58. The standard InChI is InChI=1S/C26H25F3N6O4/c1-34(2)9-10-38-23-22(11-16(14-30-23)26(27,28)29)33-25(37)32-17-5-4-6-18(12-17)39-19-7-8-21-20(13-19)24(36)35(3)15-31-21/h4-8,11-15H,9-10H2,1-3H3,(H2,32,33,37). The van der Waals surface area contributed by atoms with Crippen LogP contribution in [0.3, 0.4) is 0 Å². The van der Waals surface area contributed by atoms with E-state index < -0.39 is 17.8 Å². The zero-order valence-corrected chi connectivity index (χ0v) is 21.2. The molecule has 39 heavy (non-hydrogen) atoms. The summed E-state index contributed by atoms with van der Waals surface area (Å²) in [5.74, 6) is 0.582. The van der Waals surface area contributed by atoms with Gasteiger partial charge in [-0.05, 0) is 50.5 Å². The molecule has 0 aliphatic heterocycles. The molecule has 4 rings (SSSR count). The monoisotopic (exact) mass is 542 g/mol. The van der Waals surface area contributed by atoms with E-state index in [0.717, 1.165) is 6.07 Å². The number of halogens is 3. The predicted molar refractivity (Wildman–Crippen MR) is 139 cm³/mol. The zero-order valence-electron chi connectivity index (χ0n) is 21.2. The van der Waals surface area contributed by atoms with Gasteiger partial charge in [0.1, 0.15) is 23.8 Å². The normalized spacial score (nSPS) is 11.5. The second-order valence-electron chi connectivity index (χ2n) is 8.77. The molecule has 0 unspecified atom stereocenters. The number of nitrogens with zero attached hydrogens (tertiary/aromatic N) is 4. The SMILES string of the molecule is CN(C)CCOc1ncc(C(F)(F)F)cc1NC(=O)Nc1cccc(Oc2ccc3ncn(C)c(=O)c3c2)c1. The number of aromatic nitrogens is 3. The summed E-state index contributed by atoms with van der Waals surface area (Å²) in [5, 5.41) is 5.31. The van der Waals surface area contributed by atoms with Crippen molar-refractivity contribution in [1.29, 1.82) is 0 Å². The van der Waals surface area contributed by atoms with Crippen molar-refractivity contribution >= 4 is 28.3 Å². The summed E-state index contributed by atoms with van der Waals surface area (Å²) in [5.41, 5.74) is -0.676. The Kier molecular flexibility index (Phi) is 8.00. The van der Waals surface area contributed by atoms with Gasteiger partial charge in [0.2, 0.25) is 5.88 Å². The molecular weight excluding hydrogens is 517 g/mol. The Bertz CT molecular complexity index is 1560. The van der Waals surface area contributed by atoms with Gasteiger partial charge in [0.15, 0.2) is 0 Å². The third kappa shape index (κ3) is 7.02. The van der Waals surface area contributed by atoms with Crippen molar-refractivity contribution in [2.24, 2.45) is 7.05 Å². The Hall–Kier alpha value is -4.65. The number of ether oxygens (including phenoxy) is 2. The fourth-order valence-electron chi connectivity index (χ4n) is 3.45. The first-order chi connectivity index (χ1) is 18.5. The third-order valence-electron chi connectivity index (χ3n) is 5.42. The number of pyridine rings is 1. The van der Waals surface area contributed by atoms with Gasteiger partial charge in [0, 0.05) is 31.5 Å². The average Bonchev–Trinajstić information content (AvgIpc) is 2.87. The van der Waals surface area contributed by atoms with Crippen LogP contribution < -0.4 is 25.7 Å². The van der Waals surface area contributed by atoms with Gasteiger partial charge >= 0.3 is 12.2 Å². The fourth-order valence-corrected chi connectivity index (χ4v) is 3.45. The van der Waals surface area contributed by atoms with Crippen molar-refractivity contribution in [1.82, 2.24) is 19.4 Å². The van der Waals surface area contributed by atoms with E-state index in [0.29, 0.717) is 40.8 Å². The van der Waals surface area contributed by atoms with Crippen molar-refractivity contribution in [3.63, 3.8) is 0 Å². The van der Waals surface area contributed by atoms with Crippen LogP contribution in [-0.4, -0.2) is 52.7 Å². The van der Waals surface area contributed by atoms with E-state index in [-0.39, 0.29) is 23.7 Å². The maximum Gasteiger partial charge on any atom is 0.417 e. The third-order valence-corrected chi connectivity index (χ3v) is 5.42. The van der Waals surface area contributed by atoms with Crippen molar-refractivity contribution in [3.05, 3.63) is 77.0 Å². The summed E-state index contributed by atoms with van der Waals surface area (Å²) < 4.78 is 52.4. The highest BCUT2D eigenvalue weighted by atomic mass is 19.4. The summed E-state index contributed by atoms with van der Waals surface area (Å²) in [7, 11) is 5.22. The minimum Gasteiger partial charge on any atom is -0.475 e. The van der Waals surface area contributed by atoms with Gasteiger partial charge in [0.05, 0.1) is 22.8 Å². The molecule has 2 aromatic carbocycles. The van der Waals surface area contributed by atoms with Crippen LogP contribution in [0.15, 0.2) is 65.8 Å². The smallest absolute Gasteiger partial charge is 0.417 e. The minimum absolute atomic E-state index is 0.144. The molecule has 0 atom stereocenters. The highest BCUT2D eigenvalue weighted by molar-refractivity contribution is 6.00. The van der Waals surface area contributed by atoms with Crippen LogP contribution in [0.4, 0.5) is 29.3 Å². The molecular formula is C26H25F3N6O4. The number of fused-ring (bicyclic) bond motifs is 1. The van der Waals surface area contributed by atoms with Crippen molar-refractivity contribution in [3.8, 4) is 17.4 Å². The molecule has 2 aromatic heterocycles. The van der Waals surface area contributed by atoms with Gasteiger partial charge in [-0.2, -0.15) is 13.2 Å². The number of carbonyl (C=O) groups excluding carboxylic acids is 1. The number of anilines is 2. The molecule has 0 bridgehead atoms. The number of rotatable bonds is 8. The van der Waals surface area contributed by atoms with Crippen molar-refractivity contribution < 1.29 is 27.4 Å². The van der Waals surface area contributed by atoms with E-state index >= 15 is 0 Å². The lowest BCUT2D eigenvalue weighted by Gasteiger charge is -2.16. The van der Waals surface area contributed by atoms with E-state index in [4.69, 9.17) is 9.47 Å². The zero-order chi connectivity index (χ0) is 28.2. The van der Waals surface area contributed by atoms with Crippen molar-refractivity contribution in [2.75, 3.05) is 37.9 Å². The Morgan fingerprint density at radius 1 is 1.05 bits per heavy atom. The molecule has 0 aliphatic carbocycles. The molecule has 0 radical (unpaired) electrons. The molecule has 0 fully saturated rings. The highest BCUT2D eigenvalue weighted by Gasteiger charge is 2.32. The maximum absolute atomic E-state index is 13.2. The first-order valence-corrected chi connectivity index (χ1v) is 11.7. The van der Waals surface area contributed by atoms with Crippen LogP contribution in [0.2, 0.25) is 0 Å². The first-order valence-electron chi connectivity index (χ1n) is 11.7. The van der Waals surface area contributed by atoms with Gasteiger partial charge in [-0.1, -0.05) is 6.07 Å². The number of amides is 2. The molecule has 2 amide bonds. The van der Waals surface area contributed by atoms with E-state index in [1.165, 1.54) is 17.0 Å². The van der Waals surface area contributed by atoms with E-state index in [1.807, 2.05) is 19.0 Å². The number of benzene rings is 2. The second kappa shape index (κ2) is 11.4. The molecule has 0 saturated heterocycles. The Balaban J connectivity index is 1.49. The molecule has 0 spiro atoms. The predicted octanol–water partition coefficient (Wildman–Crippen LogP) is 4.72. The number of likely N-dealkylation sites (N-methyl/N-ethyl adjacent to an activating group) is 1. The lowest BCUT2D eigenvalue weighted by molar-refractivity contribution is -0.137. The lowest BCUT2D eigenvalue weighted by Crippen LogP contribution is -2.23. The molecule has 2 N–H and O–H groups in total. The Morgan fingerprint density at radius 3 is 2.56 bits per heavy atom. The molecule has 0 aliphatic rings. The molecule has 2 heterocycles. The number of urea groups is 1. The maximum atomic E-state index is 13.2. The quantitative estimate of drug-likeness (QED) is 0.331. The van der Waals surface area contributed by atoms with Gasteiger partial charge in [-0.3, -0.25) is 4.79 Å². The van der Waals surface area contributed by atoms with Crippen LogP contribution in [0.5, 0.6) is 17.4 Å². The fraction of sp³-hybridized carbons (Fsp3) is 0.231. The van der Waals surface area contributed by atoms with Gasteiger partial charge in [-0.15, -0.1) is 0 Å². The van der Waals surface area contributed by atoms with E-state index in [2.05, 4.69) is 20.6 Å². The summed E-state index contributed by atoms with van der Waals surface area (Å²) in [4.78, 5) is 34.8. The molecule has 4 aromatic rings. The Labute approximate surface area is 221 Å². The van der Waals surface area contributed by atoms with Gasteiger partial charge in [0.25, 0.3) is 5.56 Å². The number of aryl methyl sites for hydroxylation is 1. The van der Waals surface area contributed by atoms with Crippen LogP contribution >= 0.6 is 0 Å². The van der Waals surface area contributed by atoms with Crippen molar-refractivity contribution in [2.45, 2.75) is 6.18 Å². The van der Waals surface area contributed by atoms with E-state index in [1.54, 1.807) is 43.4 Å². The topological polar surface area (TPSA) is 111 Å². The van der Waals surface area contributed by atoms with Crippen LogP contribution in [0.25, 0.3) is 10.9 Å². The number of hydrogen-bond donors (Lipinski definition) is 2. The highest BCUT2D eigenvalue weighted by Crippen LogP contribution is 2.33. The van der Waals surface area contributed by atoms with Gasteiger partial charge < -0.3 is 29.6 Å². The lowest BCUT2D eigenvalue weighted by atomic mass is 10.2. The molecule has 0 saturated carbocycles. The molecule has 204 valence electrons. The number of alkyl halides is 3. The number of hydrogen-bond acceptors (Lipinski definition) is 7. The first kappa shape index (κ1) is 27.4. The summed E-state index contributed by atoms with van der Waals surface area (Å²) in [6.45, 7) is 0.640. The second-order valence-corrected chi connectivity index (χ2v) is 8.77. The summed E-state index contributed by atoms with van der Waals surface area (Å²) in [6, 6.07) is 11.2. The summed E-state index contributed by atoms with van der Waals surface area (Å²) >= 11 is 0. The van der Waals surface area contributed by atoms with Crippen LogP contribution in [-0.2, 0) is 13.2 Å². The number of carbonyl (C=O) groups is 1. The largest absolute Gasteiger partial charge is 0.475 e. The van der Waals surface area contributed by atoms with Gasteiger partial charge in [-0.25, -0.2) is 14.8 Å². The Morgan fingerprint density at radius 2 is 1.82 bits per heavy atom. The van der Waals surface area contributed by atoms with Crippen LogP contribution in [0.1, 0.15) is 5.56 Å². The van der Waals surface area contributed by atoms with Crippen LogP contribution in [0, 0.1) is 0 Å².